The van der Waals surface area contributed by atoms with Crippen molar-refractivity contribution < 1.29 is 75.8 Å². The maximum atomic E-state index is 6.60. The zero-order valence-corrected chi connectivity index (χ0v) is 55.9. The molecule has 0 radical (unpaired) electrons. The Morgan fingerprint density at radius 3 is 0.690 bits per heavy atom. The van der Waals surface area contributed by atoms with Crippen LogP contribution in [0.15, 0.2) is 170 Å². The van der Waals surface area contributed by atoms with Crippen LogP contribution in [0.5, 0.6) is 46.0 Å². The number of H-pyrrole nitrogens is 2. The Bertz CT molecular complexity index is 4070. The molecule has 0 saturated carbocycles. The van der Waals surface area contributed by atoms with Gasteiger partial charge < -0.3 is 85.8 Å². The van der Waals surface area contributed by atoms with Crippen LogP contribution in [0.2, 0.25) is 0 Å². The van der Waals surface area contributed by atoms with E-state index in [-0.39, 0.29) is 26.4 Å². The van der Waals surface area contributed by atoms with Crippen LogP contribution in [0.3, 0.4) is 0 Å². The average molecular weight is 1360 g/mol. The molecule has 0 unspecified atom stereocenters. The summed E-state index contributed by atoms with van der Waals surface area (Å²) in [5.74, 6) is 4.73. The van der Waals surface area contributed by atoms with Crippen molar-refractivity contribution in [3.8, 4) is 90.5 Å². The lowest BCUT2D eigenvalue weighted by molar-refractivity contribution is 0.0223. The van der Waals surface area contributed by atoms with E-state index in [1.807, 2.05) is 121 Å². The third-order valence-corrected chi connectivity index (χ3v) is 16.4. The van der Waals surface area contributed by atoms with Gasteiger partial charge in [0.05, 0.1) is 128 Å². The molecule has 4 aliphatic rings. The molecule has 6 aromatic carbocycles. The Balaban J connectivity index is 0.843. The van der Waals surface area contributed by atoms with Crippen LogP contribution in [-0.2, 0) is 37.9 Å². The molecule has 20 nitrogen and oxygen atoms in total. The molecule has 0 aliphatic carbocycles. The molecular weight excluding hydrogens is 1270 g/mol. The molecule has 0 atom stereocenters. The van der Waals surface area contributed by atoms with E-state index in [0.29, 0.717) is 178 Å². The van der Waals surface area contributed by atoms with E-state index in [0.717, 1.165) is 89.4 Å². The fourth-order valence-electron chi connectivity index (χ4n) is 11.8. The van der Waals surface area contributed by atoms with Gasteiger partial charge in [-0.3, -0.25) is 0 Å². The molecule has 100 heavy (non-hydrogen) atoms. The van der Waals surface area contributed by atoms with Crippen LogP contribution < -0.4 is 37.9 Å². The Labute approximate surface area is 581 Å². The molecule has 7 heterocycles. The highest BCUT2D eigenvalue weighted by Gasteiger charge is 2.22. The molecule has 8 bridgehead atoms. The molecule has 20 heteroatoms. The van der Waals surface area contributed by atoms with E-state index in [2.05, 4.69) is 82.8 Å². The largest absolute Gasteiger partial charge is 0.487 e. The van der Waals surface area contributed by atoms with E-state index >= 15 is 0 Å². The van der Waals surface area contributed by atoms with Crippen LogP contribution >= 0.6 is 0 Å². The molecule has 518 valence electrons. The first-order valence-electron chi connectivity index (χ1n) is 34.1. The summed E-state index contributed by atoms with van der Waals surface area (Å²) in [6.45, 7) is 8.26. The summed E-state index contributed by atoms with van der Waals surface area (Å²) in [6.07, 6.45) is 8.31. The van der Waals surface area contributed by atoms with Gasteiger partial charge in [0.15, 0.2) is 46.0 Å². The summed E-state index contributed by atoms with van der Waals surface area (Å²) in [7, 11) is 0. The van der Waals surface area contributed by atoms with E-state index in [1.165, 1.54) is 0 Å². The predicted octanol–water partition coefficient (Wildman–Crippen LogP) is 13.9. The third kappa shape index (κ3) is 18.5. The van der Waals surface area contributed by atoms with Gasteiger partial charge in [-0.1, -0.05) is 97.1 Å². The van der Waals surface area contributed by atoms with Crippen molar-refractivity contribution >= 4 is 46.4 Å². The van der Waals surface area contributed by atoms with Crippen LogP contribution in [0, 0.1) is 0 Å². The van der Waals surface area contributed by atoms with Crippen molar-refractivity contribution in [2.24, 2.45) is 0 Å². The molecule has 0 amide bonds. The van der Waals surface area contributed by atoms with E-state index in [4.69, 9.17) is 85.8 Å². The number of hydrogen-bond donors (Lipinski definition) is 2. The molecule has 0 spiro atoms. The number of para-hydroxylation sites is 4. The number of aromatic amines is 2. The normalized spacial score (nSPS) is 16.5. The van der Waals surface area contributed by atoms with E-state index in [9.17, 15) is 0 Å². The number of fused-ring (bicyclic) bond motifs is 12. The predicted molar refractivity (Wildman–Crippen MR) is 384 cm³/mol. The molecule has 2 N–H and O–H groups in total. The summed E-state index contributed by atoms with van der Waals surface area (Å²) in [5, 5.41) is 0. The number of aromatic nitrogens is 4. The molecular formula is C80H82N4O16. The summed E-state index contributed by atoms with van der Waals surface area (Å²) < 4.78 is 97.3. The van der Waals surface area contributed by atoms with Gasteiger partial charge in [0, 0.05) is 44.3 Å². The van der Waals surface area contributed by atoms with Crippen molar-refractivity contribution in [2.75, 3.05) is 159 Å². The second-order valence-corrected chi connectivity index (χ2v) is 23.1. The summed E-state index contributed by atoms with van der Waals surface area (Å²) in [6, 6.07) is 56.1. The molecule has 0 fully saturated rings. The van der Waals surface area contributed by atoms with Gasteiger partial charge in [0.25, 0.3) is 0 Å². The zero-order valence-electron chi connectivity index (χ0n) is 55.9. The third-order valence-electron chi connectivity index (χ3n) is 16.4. The van der Waals surface area contributed by atoms with Gasteiger partial charge in [-0.2, -0.15) is 0 Å². The number of rotatable bonds is 4. The topological polar surface area (TPSA) is 205 Å². The van der Waals surface area contributed by atoms with Gasteiger partial charge >= 0.3 is 0 Å². The SMILES string of the molecule is C1=Cc2nc1c(-c1ccccc1)c1ccc([nH]1)c(-c1ccc3c(c1)OCCOCCOCCOc1ccccc1OCCOCCOCCO3)c1nc(c(-c3ccccc3)c3ccc([nH]3)c2-c2ccc3c(c2)OCCOCCOCCOc2ccccc2OCCOCCOCCO3)C=C1. The minimum atomic E-state index is 0.240. The first-order chi connectivity index (χ1) is 49.7. The Hall–Kier alpha value is -10.00. The van der Waals surface area contributed by atoms with Crippen molar-refractivity contribution in [1.29, 1.82) is 0 Å². The lowest BCUT2D eigenvalue weighted by Crippen LogP contribution is -2.15. The van der Waals surface area contributed by atoms with Gasteiger partial charge in [-0.15, -0.1) is 0 Å². The standard InChI is InChI=1S/C80H82N4O16/c1-3-11-57(12-4-1)77-61-21-25-65(81-61)79(59-19-29-73-75(55-59)99-53-45-91-37-35-87-41-49-95-71-17-9-7-15-69(71)93-47-39-85-31-33-89-43-51-97-73)67-27-23-63(83-67)78(58-13-5-2-6-14-58)64-24-28-68(84-64)80(66-26-22-62(77)82-66)60-20-30-74-76(56-60)100-54-46-92-38-36-88-42-50-96-72-18-10-8-16-70(72)94-48-40-86-32-34-90-44-52-98-74/h1-30,55-56,81,84H,31-54H2. The van der Waals surface area contributed by atoms with Gasteiger partial charge in [0.1, 0.15) is 52.9 Å². The highest BCUT2D eigenvalue weighted by atomic mass is 16.6. The van der Waals surface area contributed by atoms with Gasteiger partial charge in [-0.05, 0) is 119 Å². The van der Waals surface area contributed by atoms with Crippen LogP contribution in [0.25, 0.3) is 90.9 Å². The molecule has 9 aromatic rings. The maximum Gasteiger partial charge on any atom is 0.161 e. The first-order valence-corrected chi connectivity index (χ1v) is 34.1. The van der Waals surface area contributed by atoms with E-state index < -0.39 is 0 Å². The number of benzene rings is 6. The number of ether oxygens (including phenoxy) is 16. The molecule has 4 aliphatic heterocycles. The second kappa shape index (κ2) is 36.2. The monoisotopic (exact) mass is 1350 g/mol. The fourth-order valence-corrected chi connectivity index (χ4v) is 11.8. The fraction of sp³-hybridized carbons (Fsp3) is 0.300. The smallest absolute Gasteiger partial charge is 0.161 e. The summed E-state index contributed by atoms with van der Waals surface area (Å²) >= 11 is 0. The summed E-state index contributed by atoms with van der Waals surface area (Å²) in [5.41, 5.74) is 13.4. The van der Waals surface area contributed by atoms with Crippen molar-refractivity contribution in [2.45, 2.75) is 0 Å². The van der Waals surface area contributed by atoms with Crippen molar-refractivity contribution in [3.63, 3.8) is 0 Å². The number of hydrogen-bond acceptors (Lipinski definition) is 18. The van der Waals surface area contributed by atoms with E-state index in [1.54, 1.807) is 0 Å². The second-order valence-electron chi connectivity index (χ2n) is 23.1. The molecule has 13 rings (SSSR count). The minimum absolute atomic E-state index is 0.240. The quantitative estimate of drug-likeness (QED) is 0.168. The first kappa shape index (κ1) is 68.5. The van der Waals surface area contributed by atoms with Crippen LogP contribution in [0.4, 0.5) is 0 Å². The van der Waals surface area contributed by atoms with Gasteiger partial charge in [-0.25, -0.2) is 9.97 Å². The summed E-state index contributed by atoms with van der Waals surface area (Å²) in [4.78, 5) is 18.9. The van der Waals surface area contributed by atoms with Crippen LogP contribution in [-0.4, -0.2) is 179 Å². The number of nitrogens with one attached hydrogen (secondary N) is 2. The lowest BCUT2D eigenvalue weighted by Gasteiger charge is -2.16. The Morgan fingerprint density at radius 1 is 0.200 bits per heavy atom. The maximum absolute atomic E-state index is 6.60. The van der Waals surface area contributed by atoms with Crippen molar-refractivity contribution in [3.05, 3.63) is 193 Å². The average Bonchev–Trinajstić information content (AvgIpc) is 1.60. The zero-order chi connectivity index (χ0) is 67.6. The number of nitrogens with zero attached hydrogens (tertiary/aromatic N) is 2. The molecule has 3 aromatic heterocycles. The van der Waals surface area contributed by atoms with Gasteiger partial charge in [0.2, 0.25) is 0 Å². The minimum Gasteiger partial charge on any atom is -0.487 e. The Kier molecular flexibility index (Phi) is 24.8. The lowest BCUT2D eigenvalue weighted by atomic mass is 10.0. The highest BCUT2D eigenvalue weighted by Crippen LogP contribution is 2.42. The van der Waals surface area contributed by atoms with Crippen LogP contribution in [0.1, 0.15) is 22.8 Å². The Morgan fingerprint density at radius 2 is 0.420 bits per heavy atom. The van der Waals surface area contributed by atoms with Crippen molar-refractivity contribution in [1.82, 2.24) is 19.9 Å². The molecule has 0 saturated heterocycles. The highest BCUT2D eigenvalue weighted by molar-refractivity contribution is 6.00.